The van der Waals surface area contributed by atoms with Crippen molar-refractivity contribution in [3.05, 3.63) is 60.8 Å². The van der Waals surface area contributed by atoms with Crippen molar-refractivity contribution in [2.75, 3.05) is 47.5 Å². The van der Waals surface area contributed by atoms with Crippen molar-refractivity contribution in [1.29, 1.82) is 0 Å². The SMILES string of the molecule is CCCCC/C=C\C/C=C\CCCCCCCCCCCC(=O)OCC(COP(=O)([O-])OCC[N+](C)(C)C)OC(=O)CCCCCCCCCCCCCCCCCCCCCCCCCC/C=C\C/C=C\C/C=C\CCCCCCC. The molecule has 0 aromatic carbocycles. The summed E-state index contributed by atoms with van der Waals surface area (Å²) >= 11 is 0. The van der Waals surface area contributed by atoms with Gasteiger partial charge in [-0.15, -0.1) is 0 Å². The van der Waals surface area contributed by atoms with Crippen molar-refractivity contribution in [3.8, 4) is 0 Å². The fraction of sp³-hybridized carbons (Fsp3) is 0.833. The van der Waals surface area contributed by atoms with Gasteiger partial charge in [0.1, 0.15) is 19.8 Å². The van der Waals surface area contributed by atoms with Gasteiger partial charge in [0.2, 0.25) is 0 Å². The van der Waals surface area contributed by atoms with E-state index in [0.29, 0.717) is 17.4 Å². The lowest BCUT2D eigenvalue weighted by Gasteiger charge is -2.28. The molecule has 0 aromatic heterocycles. The van der Waals surface area contributed by atoms with Gasteiger partial charge in [0.25, 0.3) is 7.82 Å². The Morgan fingerprint density at radius 1 is 0.378 bits per heavy atom. The number of carbonyl (C=O) groups excluding carboxylic acids is 2. The molecule has 0 aliphatic rings. The van der Waals surface area contributed by atoms with Crippen LogP contribution in [0.25, 0.3) is 0 Å². The summed E-state index contributed by atoms with van der Waals surface area (Å²) in [5.74, 6) is -0.824. The van der Waals surface area contributed by atoms with E-state index in [1.54, 1.807) is 0 Å². The van der Waals surface area contributed by atoms with Crippen LogP contribution in [0.15, 0.2) is 60.8 Å². The first-order chi connectivity index (χ1) is 40.0. The standard InChI is InChI=1S/C72H134NO8P/c1-6-8-10-12-14-16-18-20-22-24-26-27-28-29-30-31-32-33-34-35-36-37-38-39-40-41-42-43-44-45-47-49-51-53-55-57-59-61-63-65-72(75)81-70(69-80-82(76,77)79-67-66-73(3,4)5)68-78-71(74)64-62-60-58-56-54-52-50-48-46-25-23-21-19-17-15-13-11-9-7-2/h15,17-18,20-21,23-24,26,28-29,70H,6-14,16,19,22,25,27,30-69H2,1-5H3/b17-15-,20-18-,23-21-,26-24-,29-28-. The van der Waals surface area contributed by atoms with Gasteiger partial charge in [0.05, 0.1) is 27.7 Å². The largest absolute Gasteiger partial charge is 0.756 e. The fourth-order valence-electron chi connectivity index (χ4n) is 10.1. The van der Waals surface area contributed by atoms with Gasteiger partial charge in [-0.2, -0.15) is 0 Å². The zero-order valence-electron chi connectivity index (χ0n) is 54.7. The predicted octanol–water partition coefficient (Wildman–Crippen LogP) is 22.0. The maximum Gasteiger partial charge on any atom is 0.306 e. The molecule has 0 saturated heterocycles. The minimum atomic E-state index is -4.64. The summed E-state index contributed by atoms with van der Waals surface area (Å²) in [6, 6.07) is 0. The second-order valence-electron chi connectivity index (χ2n) is 24.9. The summed E-state index contributed by atoms with van der Waals surface area (Å²) in [6.45, 7) is 4.24. The van der Waals surface area contributed by atoms with E-state index in [-0.39, 0.29) is 32.0 Å². The average molecular weight is 1170 g/mol. The highest BCUT2D eigenvalue weighted by Gasteiger charge is 2.22. The summed E-state index contributed by atoms with van der Waals surface area (Å²) in [6.07, 6.45) is 83.1. The first-order valence-electron chi connectivity index (χ1n) is 35.0. The third kappa shape index (κ3) is 66.8. The maximum atomic E-state index is 12.8. The predicted molar refractivity (Wildman–Crippen MR) is 351 cm³/mol. The summed E-state index contributed by atoms with van der Waals surface area (Å²) < 4.78 is 34.3. The van der Waals surface area contributed by atoms with Crippen molar-refractivity contribution in [3.63, 3.8) is 0 Å². The zero-order chi connectivity index (χ0) is 59.8. The normalized spacial score (nSPS) is 13.5. The van der Waals surface area contributed by atoms with E-state index in [1.807, 2.05) is 21.1 Å². The van der Waals surface area contributed by atoms with Crippen LogP contribution in [0.5, 0.6) is 0 Å². The number of likely N-dealkylation sites (N-methyl/N-ethyl adjacent to an activating group) is 1. The van der Waals surface area contributed by atoms with Crippen LogP contribution in [-0.2, 0) is 32.7 Å². The molecule has 0 rings (SSSR count). The maximum absolute atomic E-state index is 12.8. The quantitative estimate of drug-likeness (QED) is 0.0195. The van der Waals surface area contributed by atoms with E-state index in [2.05, 4.69) is 74.6 Å². The molecule has 0 saturated carbocycles. The molecule has 0 fully saturated rings. The molecule has 10 heteroatoms. The second kappa shape index (κ2) is 63.2. The highest BCUT2D eigenvalue weighted by molar-refractivity contribution is 7.45. The first kappa shape index (κ1) is 79.7. The number of phosphoric ester groups is 1. The Morgan fingerprint density at radius 2 is 0.659 bits per heavy atom. The molecule has 0 aromatic rings. The summed E-state index contributed by atoms with van der Waals surface area (Å²) in [7, 11) is 1.17. The van der Waals surface area contributed by atoms with Gasteiger partial charge in [0, 0.05) is 12.8 Å². The van der Waals surface area contributed by atoms with Crippen molar-refractivity contribution in [2.45, 2.75) is 341 Å². The van der Waals surface area contributed by atoms with Crippen LogP contribution in [0.4, 0.5) is 0 Å². The van der Waals surface area contributed by atoms with Gasteiger partial charge in [-0.3, -0.25) is 14.2 Å². The number of allylic oxidation sites excluding steroid dienone is 10. The fourth-order valence-corrected chi connectivity index (χ4v) is 10.8. The molecule has 2 unspecified atom stereocenters. The molecular weight excluding hydrogens is 1040 g/mol. The van der Waals surface area contributed by atoms with Gasteiger partial charge < -0.3 is 27.9 Å². The number of quaternary nitrogens is 1. The van der Waals surface area contributed by atoms with E-state index >= 15 is 0 Å². The third-order valence-electron chi connectivity index (χ3n) is 15.5. The van der Waals surface area contributed by atoms with E-state index in [0.717, 1.165) is 51.4 Å². The molecule has 0 bridgehead atoms. The third-order valence-corrected chi connectivity index (χ3v) is 16.5. The Bertz CT molecular complexity index is 1570. The molecule has 2 atom stereocenters. The Hall–Kier alpha value is -2.29. The van der Waals surface area contributed by atoms with Gasteiger partial charge >= 0.3 is 11.9 Å². The molecule has 82 heavy (non-hydrogen) atoms. The number of ether oxygens (including phenoxy) is 2. The van der Waals surface area contributed by atoms with Gasteiger partial charge in [-0.05, 0) is 83.5 Å². The number of carbonyl (C=O) groups is 2. The van der Waals surface area contributed by atoms with Crippen LogP contribution in [0, 0.1) is 0 Å². The van der Waals surface area contributed by atoms with E-state index in [1.165, 1.54) is 250 Å². The number of hydrogen-bond donors (Lipinski definition) is 0. The Labute approximate surface area is 508 Å². The van der Waals surface area contributed by atoms with Crippen molar-refractivity contribution < 1.29 is 42.1 Å². The Balaban J connectivity index is 3.93. The molecule has 0 aliphatic carbocycles. The van der Waals surface area contributed by atoms with Crippen LogP contribution < -0.4 is 4.89 Å². The molecular formula is C72H134NO8P. The van der Waals surface area contributed by atoms with Crippen molar-refractivity contribution in [1.82, 2.24) is 0 Å². The summed E-state index contributed by atoms with van der Waals surface area (Å²) in [5.41, 5.74) is 0. The highest BCUT2D eigenvalue weighted by atomic mass is 31.2. The topological polar surface area (TPSA) is 111 Å². The van der Waals surface area contributed by atoms with E-state index < -0.39 is 26.5 Å². The van der Waals surface area contributed by atoms with Crippen LogP contribution in [0.3, 0.4) is 0 Å². The molecule has 0 amide bonds. The Morgan fingerprint density at radius 3 is 1.00 bits per heavy atom. The molecule has 0 N–H and O–H groups in total. The Kier molecular flexibility index (Phi) is 61.5. The van der Waals surface area contributed by atoms with Gasteiger partial charge in [0.15, 0.2) is 6.10 Å². The second-order valence-corrected chi connectivity index (χ2v) is 26.3. The summed E-state index contributed by atoms with van der Waals surface area (Å²) in [5, 5.41) is 0. The van der Waals surface area contributed by atoms with E-state index in [4.69, 9.17) is 18.5 Å². The van der Waals surface area contributed by atoms with Crippen molar-refractivity contribution in [2.24, 2.45) is 0 Å². The smallest absolute Gasteiger partial charge is 0.306 e. The average Bonchev–Trinajstić information content (AvgIpc) is 3.44. The number of unbranched alkanes of at least 4 members (excludes halogenated alkanes) is 41. The van der Waals surface area contributed by atoms with Crippen LogP contribution in [0.1, 0.15) is 335 Å². The molecule has 0 radical (unpaired) electrons. The van der Waals surface area contributed by atoms with Crippen molar-refractivity contribution >= 4 is 19.8 Å². The number of hydrogen-bond acceptors (Lipinski definition) is 8. The number of phosphoric acid groups is 1. The summed E-state index contributed by atoms with van der Waals surface area (Å²) in [4.78, 5) is 38.0. The lowest BCUT2D eigenvalue weighted by Crippen LogP contribution is -2.37. The highest BCUT2D eigenvalue weighted by Crippen LogP contribution is 2.38. The molecule has 0 heterocycles. The van der Waals surface area contributed by atoms with Crippen LogP contribution in [-0.4, -0.2) is 70.0 Å². The number of rotatable bonds is 65. The van der Waals surface area contributed by atoms with Crippen LogP contribution in [0.2, 0.25) is 0 Å². The van der Waals surface area contributed by atoms with E-state index in [9.17, 15) is 19.0 Å². The van der Waals surface area contributed by atoms with Gasteiger partial charge in [-0.25, -0.2) is 0 Å². The van der Waals surface area contributed by atoms with Gasteiger partial charge in [-0.1, -0.05) is 299 Å². The minimum absolute atomic E-state index is 0.0307. The molecule has 9 nitrogen and oxygen atoms in total. The first-order valence-corrected chi connectivity index (χ1v) is 36.5. The minimum Gasteiger partial charge on any atom is -0.756 e. The molecule has 0 aliphatic heterocycles. The number of esters is 2. The zero-order valence-corrected chi connectivity index (χ0v) is 55.6. The monoisotopic (exact) mass is 1170 g/mol. The molecule has 480 valence electrons. The lowest BCUT2D eigenvalue weighted by molar-refractivity contribution is -0.870. The van der Waals surface area contributed by atoms with Crippen LogP contribution >= 0.6 is 7.82 Å². The molecule has 0 spiro atoms. The number of nitrogens with zero attached hydrogens (tertiary/aromatic N) is 1. The lowest BCUT2D eigenvalue weighted by atomic mass is 10.0.